The Hall–Kier alpha value is -2.04. The summed E-state index contributed by atoms with van der Waals surface area (Å²) in [6.07, 6.45) is 2.15. The van der Waals surface area contributed by atoms with Crippen LogP contribution in [0.5, 0.6) is 0 Å². The fourth-order valence-electron chi connectivity index (χ4n) is 2.42. The molecule has 0 atom stereocenters. The molecule has 1 aromatic carbocycles. The lowest BCUT2D eigenvalue weighted by molar-refractivity contribution is -0.109. The molecule has 0 aromatic heterocycles. The molecule has 0 aliphatic carbocycles. The van der Waals surface area contributed by atoms with Crippen LogP contribution in [0.3, 0.4) is 0 Å². The molecule has 0 unspecified atom stereocenters. The smallest absolute Gasteiger partial charge is 0.429 e. The first-order valence-electron chi connectivity index (χ1n) is 7.22. The maximum absolute atomic E-state index is 12.4. The van der Waals surface area contributed by atoms with Crippen molar-refractivity contribution in [3.63, 3.8) is 0 Å². The zero-order chi connectivity index (χ0) is 15.5. The highest BCUT2D eigenvalue weighted by Gasteiger charge is 2.29. The number of carbonyl (C=O) groups excluding carboxylic acids is 2. The van der Waals surface area contributed by atoms with E-state index >= 15 is 0 Å². The molecule has 0 saturated heterocycles. The number of hydrazine groups is 1. The van der Waals surface area contributed by atoms with Crippen LogP contribution in [-0.4, -0.2) is 36.1 Å². The number of ether oxygens (including phenoxy) is 1. The first-order valence-corrected chi connectivity index (χ1v) is 7.22. The molecule has 0 radical (unpaired) electrons. The van der Waals surface area contributed by atoms with Crippen LogP contribution >= 0.6 is 0 Å². The summed E-state index contributed by atoms with van der Waals surface area (Å²) in [6, 6.07) is 7.94. The highest BCUT2D eigenvalue weighted by molar-refractivity contribution is 5.75. The number of hydrogen-bond acceptors (Lipinski definition) is 4. The fraction of sp³-hybridized carbons (Fsp3) is 0.500. The van der Waals surface area contributed by atoms with Crippen molar-refractivity contribution in [2.75, 3.05) is 18.1 Å². The van der Waals surface area contributed by atoms with Crippen LogP contribution in [0.15, 0.2) is 24.3 Å². The summed E-state index contributed by atoms with van der Waals surface area (Å²) in [7, 11) is 0. The van der Waals surface area contributed by atoms with Gasteiger partial charge in [0.15, 0.2) is 0 Å². The van der Waals surface area contributed by atoms with Crippen molar-refractivity contribution in [1.29, 1.82) is 0 Å². The number of anilines is 1. The van der Waals surface area contributed by atoms with Crippen LogP contribution < -0.4 is 5.01 Å². The first-order chi connectivity index (χ1) is 9.92. The predicted molar refractivity (Wildman–Crippen MR) is 81.1 cm³/mol. The maximum Gasteiger partial charge on any atom is 0.429 e. The first kappa shape index (κ1) is 15.4. The SMILES string of the molecule is CC(C)(C)OC(=O)N(CC=O)N1CCCc2ccccc21. The van der Waals surface area contributed by atoms with Gasteiger partial charge in [0.2, 0.25) is 0 Å². The summed E-state index contributed by atoms with van der Waals surface area (Å²) in [4.78, 5) is 23.3. The van der Waals surface area contributed by atoms with Gasteiger partial charge >= 0.3 is 6.09 Å². The summed E-state index contributed by atoms with van der Waals surface area (Å²) in [5.41, 5.74) is 1.56. The van der Waals surface area contributed by atoms with Gasteiger partial charge in [-0.3, -0.25) is 5.01 Å². The summed E-state index contributed by atoms with van der Waals surface area (Å²) in [6.45, 7) is 6.13. The Morgan fingerprint density at radius 2 is 2.10 bits per heavy atom. The second-order valence-corrected chi connectivity index (χ2v) is 6.08. The third kappa shape index (κ3) is 3.74. The highest BCUT2D eigenvalue weighted by Crippen LogP contribution is 2.28. The summed E-state index contributed by atoms with van der Waals surface area (Å²) in [5, 5.41) is 3.23. The van der Waals surface area contributed by atoms with Crippen LogP contribution in [0, 0.1) is 0 Å². The van der Waals surface area contributed by atoms with Gasteiger partial charge in [-0.25, -0.2) is 9.80 Å². The molecular formula is C16H22N2O3. The number of nitrogens with zero attached hydrogens (tertiary/aromatic N) is 2. The van der Waals surface area contributed by atoms with E-state index in [-0.39, 0.29) is 6.54 Å². The van der Waals surface area contributed by atoms with E-state index in [9.17, 15) is 9.59 Å². The summed E-state index contributed by atoms with van der Waals surface area (Å²) in [5.74, 6) is 0. The second kappa shape index (κ2) is 6.16. The Kier molecular flexibility index (Phi) is 4.50. The molecule has 114 valence electrons. The third-order valence-corrected chi connectivity index (χ3v) is 3.23. The Morgan fingerprint density at radius 1 is 1.38 bits per heavy atom. The van der Waals surface area contributed by atoms with Crippen molar-refractivity contribution in [2.24, 2.45) is 0 Å². The van der Waals surface area contributed by atoms with Crippen LogP contribution in [0.2, 0.25) is 0 Å². The topological polar surface area (TPSA) is 49.9 Å². The average Bonchev–Trinajstić information content (AvgIpc) is 2.42. The van der Waals surface area contributed by atoms with Gasteiger partial charge in [-0.05, 0) is 45.2 Å². The lowest BCUT2D eigenvalue weighted by Gasteiger charge is -2.39. The van der Waals surface area contributed by atoms with Crippen molar-refractivity contribution >= 4 is 18.1 Å². The minimum atomic E-state index is -0.590. The number of carbonyl (C=O) groups is 2. The van der Waals surface area contributed by atoms with Gasteiger partial charge in [0.25, 0.3) is 0 Å². The number of fused-ring (bicyclic) bond motifs is 1. The van der Waals surface area contributed by atoms with Gasteiger partial charge in [-0.2, -0.15) is 0 Å². The molecular weight excluding hydrogens is 268 g/mol. The molecule has 1 aliphatic heterocycles. The Balaban J connectivity index is 2.27. The minimum absolute atomic E-state index is 0.0107. The van der Waals surface area contributed by atoms with Gasteiger partial charge in [0.05, 0.1) is 5.69 Å². The van der Waals surface area contributed by atoms with Crippen LogP contribution in [0.1, 0.15) is 32.8 Å². The number of hydrogen-bond donors (Lipinski definition) is 0. The molecule has 5 heteroatoms. The minimum Gasteiger partial charge on any atom is -0.442 e. The van der Waals surface area contributed by atoms with E-state index in [0.29, 0.717) is 6.54 Å². The maximum atomic E-state index is 12.4. The molecule has 1 amide bonds. The zero-order valence-electron chi connectivity index (χ0n) is 12.8. The molecule has 2 rings (SSSR count). The number of rotatable bonds is 3. The largest absolute Gasteiger partial charge is 0.442 e. The molecule has 1 heterocycles. The lowest BCUT2D eigenvalue weighted by atomic mass is 10.0. The zero-order valence-corrected chi connectivity index (χ0v) is 12.8. The molecule has 21 heavy (non-hydrogen) atoms. The van der Waals surface area contributed by atoms with Crippen molar-refractivity contribution in [1.82, 2.24) is 5.01 Å². The number of benzene rings is 1. The monoisotopic (exact) mass is 290 g/mol. The van der Waals surface area contributed by atoms with Gasteiger partial charge < -0.3 is 9.53 Å². The molecule has 0 bridgehead atoms. The van der Waals surface area contributed by atoms with E-state index < -0.39 is 11.7 Å². The van der Waals surface area contributed by atoms with Crippen LogP contribution in [0.4, 0.5) is 10.5 Å². The van der Waals surface area contributed by atoms with Crippen LogP contribution in [0.25, 0.3) is 0 Å². The van der Waals surface area contributed by atoms with Gasteiger partial charge in [0.1, 0.15) is 18.4 Å². The third-order valence-electron chi connectivity index (χ3n) is 3.23. The normalized spacial score (nSPS) is 14.3. The van der Waals surface area contributed by atoms with E-state index in [4.69, 9.17) is 4.74 Å². The van der Waals surface area contributed by atoms with Crippen molar-refractivity contribution in [3.05, 3.63) is 29.8 Å². The Labute approximate surface area is 125 Å². The molecule has 0 saturated carbocycles. The fourth-order valence-corrected chi connectivity index (χ4v) is 2.42. The standard InChI is InChI=1S/C16H22N2O3/c1-16(2,3)21-15(20)18(11-12-19)17-10-6-8-13-7-4-5-9-14(13)17/h4-5,7,9,12H,6,8,10-11H2,1-3H3. The van der Waals surface area contributed by atoms with Gasteiger partial charge in [-0.1, -0.05) is 18.2 Å². The molecule has 5 nitrogen and oxygen atoms in total. The van der Waals surface area contributed by atoms with Crippen LogP contribution in [-0.2, 0) is 16.0 Å². The predicted octanol–water partition coefficient (Wildman–Crippen LogP) is 2.79. The van der Waals surface area contributed by atoms with E-state index in [1.807, 2.05) is 44.0 Å². The number of amides is 1. The summed E-state index contributed by atoms with van der Waals surface area (Å²) < 4.78 is 5.41. The lowest BCUT2D eigenvalue weighted by Crippen LogP contribution is -2.51. The van der Waals surface area contributed by atoms with E-state index in [0.717, 1.165) is 24.8 Å². The quantitative estimate of drug-likeness (QED) is 0.803. The van der Waals surface area contributed by atoms with Crippen molar-refractivity contribution < 1.29 is 14.3 Å². The Morgan fingerprint density at radius 3 is 2.76 bits per heavy atom. The number of aryl methyl sites for hydroxylation is 1. The molecule has 1 aliphatic rings. The molecule has 0 fully saturated rings. The number of para-hydroxylation sites is 1. The number of aldehydes is 1. The van der Waals surface area contributed by atoms with Gasteiger partial charge in [-0.15, -0.1) is 0 Å². The average molecular weight is 290 g/mol. The van der Waals surface area contributed by atoms with E-state index in [2.05, 4.69) is 6.07 Å². The molecule has 0 spiro atoms. The van der Waals surface area contributed by atoms with E-state index in [1.54, 1.807) is 0 Å². The molecule has 1 aromatic rings. The highest BCUT2D eigenvalue weighted by atomic mass is 16.6. The molecule has 0 N–H and O–H groups in total. The second-order valence-electron chi connectivity index (χ2n) is 6.08. The summed E-state index contributed by atoms with van der Waals surface area (Å²) >= 11 is 0. The van der Waals surface area contributed by atoms with Crippen molar-refractivity contribution in [2.45, 2.75) is 39.2 Å². The van der Waals surface area contributed by atoms with E-state index in [1.165, 1.54) is 10.6 Å². The van der Waals surface area contributed by atoms with Crippen molar-refractivity contribution in [3.8, 4) is 0 Å². The Bertz CT molecular complexity index is 522. The van der Waals surface area contributed by atoms with Gasteiger partial charge in [0, 0.05) is 6.54 Å².